The van der Waals surface area contributed by atoms with Gasteiger partial charge in [-0.05, 0) is 23.8 Å². The van der Waals surface area contributed by atoms with E-state index in [1.807, 2.05) is 4.90 Å². The minimum absolute atomic E-state index is 0.0468. The molecule has 0 saturated carbocycles. The van der Waals surface area contributed by atoms with E-state index in [0.717, 1.165) is 30.3 Å². The number of hydrogen-bond acceptors (Lipinski definition) is 7. The fraction of sp³-hybridized carbons (Fsp3) is 0.517. The van der Waals surface area contributed by atoms with Crippen LogP contribution in [0.3, 0.4) is 0 Å². The predicted octanol–water partition coefficient (Wildman–Crippen LogP) is 4.67. The third-order valence-corrected chi connectivity index (χ3v) is 8.92. The van der Waals surface area contributed by atoms with Gasteiger partial charge < -0.3 is 19.7 Å². The zero-order chi connectivity index (χ0) is 30.1. The molecular formula is C29H28F7N5O2. The molecule has 0 amide bonds. The Hall–Kier alpha value is -3.23. The summed E-state index contributed by atoms with van der Waals surface area (Å²) < 4.78 is 114. The van der Waals surface area contributed by atoms with Gasteiger partial charge in [0.05, 0.1) is 36.4 Å². The standard InChI is InChI=1S/C29H28F7N5O2/c30-16-3-1-15(2-4-16)23-22(29(34,35)36)5-21-25(24(23)33)38-27(39-26(21)41-19-8-37-9-20(41)13-42-12-19)43-14-28-6-17(31)10-40(28)11-18(32)7-28/h1-5,17-20,37H,6-14H2. The average molecular weight is 612 g/mol. The van der Waals surface area contributed by atoms with E-state index in [4.69, 9.17) is 9.47 Å². The molecule has 2 aromatic carbocycles. The van der Waals surface area contributed by atoms with Gasteiger partial charge in [-0.1, -0.05) is 12.1 Å². The molecule has 4 fully saturated rings. The highest BCUT2D eigenvalue weighted by molar-refractivity contribution is 5.95. The number of benzene rings is 2. The molecule has 43 heavy (non-hydrogen) atoms. The van der Waals surface area contributed by atoms with Crippen molar-refractivity contribution in [2.75, 3.05) is 50.9 Å². The van der Waals surface area contributed by atoms with Crippen molar-refractivity contribution in [1.29, 1.82) is 0 Å². The summed E-state index contributed by atoms with van der Waals surface area (Å²) in [6.45, 7) is 1.38. The van der Waals surface area contributed by atoms with Crippen molar-refractivity contribution in [1.82, 2.24) is 20.2 Å². The molecule has 4 aliphatic rings. The summed E-state index contributed by atoms with van der Waals surface area (Å²) in [4.78, 5) is 12.3. The molecule has 0 spiro atoms. The maximum Gasteiger partial charge on any atom is 0.417 e. The second-order valence-electron chi connectivity index (χ2n) is 11.8. The molecule has 5 heterocycles. The lowest BCUT2D eigenvalue weighted by Crippen LogP contribution is -2.64. The number of piperazine rings is 1. The molecule has 7 rings (SSSR count). The number of morpholine rings is 1. The van der Waals surface area contributed by atoms with Crippen LogP contribution in [0, 0.1) is 11.6 Å². The zero-order valence-electron chi connectivity index (χ0n) is 22.8. The summed E-state index contributed by atoms with van der Waals surface area (Å²) in [6.07, 6.45) is -7.20. The largest absolute Gasteiger partial charge is 0.461 e. The van der Waals surface area contributed by atoms with Crippen LogP contribution in [0.1, 0.15) is 18.4 Å². The van der Waals surface area contributed by atoms with Crippen molar-refractivity contribution < 1.29 is 40.2 Å². The van der Waals surface area contributed by atoms with Gasteiger partial charge in [-0.2, -0.15) is 23.1 Å². The SMILES string of the molecule is Fc1ccc(-c2c(C(F)(F)F)cc3c(N4C5CNCC4COC5)nc(OCC45CC(F)CN4CC(F)C5)nc3c2F)cc1. The maximum atomic E-state index is 16.4. The molecule has 4 atom stereocenters. The summed E-state index contributed by atoms with van der Waals surface area (Å²) in [7, 11) is 0. The number of alkyl halides is 5. The lowest BCUT2D eigenvalue weighted by atomic mass is 9.94. The molecule has 4 unspecified atom stereocenters. The van der Waals surface area contributed by atoms with Crippen LogP contribution in [0.15, 0.2) is 30.3 Å². The van der Waals surface area contributed by atoms with Gasteiger partial charge in [-0.25, -0.2) is 17.6 Å². The summed E-state index contributed by atoms with van der Waals surface area (Å²) in [6, 6.07) is 3.92. The Labute approximate surface area is 242 Å². The highest BCUT2D eigenvalue weighted by Crippen LogP contribution is 2.45. The third-order valence-electron chi connectivity index (χ3n) is 8.92. The Morgan fingerprint density at radius 1 is 0.977 bits per heavy atom. The first-order valence-electron chi connectivity index (χ1n) is 14.1. The van der Waals surface area contributed by atoms with Gasteiger partial charge in [0.15, 0.2) is 5.82 Å². The second kappa shape index (κ2) is 10.4. The molecule has 4 saturated heterocycles. The first-order chi connectivity index (χ1) is 20.5. The lowest BCUT2D eigenvalue weighted by molar-refractivity contribution is -0.137. The van der Waals surface area contributed by atoms with Gasteiger partial charge in [-0.3, -0.25) is 4.90 Å². The van der Waals surface area contributed by atoms with Crippen molar-refractivity contribution in [3.8, 4) is 17.1 Å². The van der Waals surface area contributed by atoms with E-state index in [2.05, 4.69) is 15.3 Å². The van der Waals surface area contributed by atoms with Gasteiger partial charge in [0.25, 0.3) is 0 Å². The van der Waals surface area contributed by atoms with Crippen molar-refractivity contribution in [3.63, 3.8) is 0 Å². The number of hydrogen-bond donors (Lipinski definition) is 1. The van der Waals surface area contributed by atoms with Crippen molar-refractivity contribution in [2.45, 2.75) is 49.0 Å². The van der Waals surface area contributed by atoms with E-state index in [9.17, 15) is 26.3 Å². The number of rotatable bonds is 5. The number of ether oxygens (including phenoxy) is 2. The Balaban J connectivity index is 1.39. The van der Waals surface area contributed by atoms with Gasteiger partial charge in [0, 0.05) is 50.0 Å². The predicted molar refractivity (Wildman–Crippen MR) is 142 cm³/mol. The molecule has 2 bridgehead atoms. The monoisotopic (exact) mass is 611 g/mol. The molecule has 3 aromatic rings. The lowest BCUT2D eigenvalue weighted by Gasteiger charge is -2.47. The summed E-state index contributed by atoms with van der Waals surface area (Å²) in [5.41, 5.74) is -3.57. The van der Waals surface area contributed by atoms with Crippen LogP contribution in [-0.2, 0) is 10.9 Å². The van der Waals surface area contributed by atoms with E-state index < -0.39 is 52.3 Å². The van der Waals surface area contributed by atoms with Gasteiger partial charge in [-0.15, -0.1) is 0 Å². The molecule has 1 N–H and O–H groups in total. The van der Waals surface area contributed by atoms with Crippen LogP contribution < -0.4 is 15.0 Å². The van der Waals surface area contributed by atoms with Crippen molar-refractivity contribution in [2.24, 2.45) is 0 Å². The molecule has 230 valence electrons. The quantitative estimate of drug-likeness (QED) is 0.421. The summed E-state index contributed by atoms with van der Waals surface area (Å²) in [5, 5.41) is 3.10. The number of nitrogens with zero attached hydrogens (tertiary/aromatic N) is 4. The number of aromatic nitrogens is 2. The van der Waals surface area contributed by atoms with E-state index in [1.54, 1.807) is 4.90 Å². The second-order valence-corrected chi connectivity index (χ2v) is 11.8. The van der Waals surface area contributed by atoms with Gasteiger partial charge in [0.2, 0.25) is 0 Å². The Morgan fingerprint density at radius 3 is 2.26 bits per heavy atom. The van der Waals surface area contributed by atoms with Crippen molar-refractivity contribution >= 4 is 16.7 Å². The van der Waals surface area contributed by atoms with E-state index in [1.165, 1.54) is 0 Å². The molecule has 1 aromatic heterocycles. The number of fused-ring (bicyclic) bond motifs is 4. The number of nitrogens with one attached hydrogen (secondary N) is 1. The van der Waals surface area contributed by atoms with E-state index in [-0.39, 0.29) is 80.6 Å². The van der Waals surface area contributed by atoms with Crippen LogP contribution >= 0.6 is 0 Å². The smallest absolute Gasteiger partial charge is 0.417 e. The highest BCUT2D eigenvalue weighted by Gasteiger charge is 2.53. The maximum absolute atomic E-state index is 16.4. The van der Waals surface area contributed by atoms with Crippen LogP contribution in [0.5, 0.6) is 6.01 Å². The minimum Gasteiger partial charge on any atom is -0.461 e. The third kappa shape index (κ3) is 4.96. The Bertz CT molecular complexity index is 1500. The fourth-order valence-corrected chi connectivity index (χ4v) is 7.09. The molecule has 7 nitrogen and oxygen atoms in total. The van der Waals surface area contributed by atoms with Gasteiger partial charge >= 0.3 is 12.2 Å². The normalized spacial score (nSPS) is 29.3. The van der Waals surface area contributed by atoms with Crippen LogP contribution in [-0.4, -0.2) is 90.8 Å². The van der Waals surface area contributed by atoms with Crippen LogP contribution in [0.2, 0.25) is 0 Å². The molecule has 0 radical (unpaired) electrons. The van der Waals surface area contributed by atoms with E-state index >= 15 is 4.39 Å². The summed E-state index contributed by atoms with van der Waals surface area (Å²) >= 11 is 0. The molecule has 0 aliphatic carbocycles. The zero-order valence-corrected chi connectivity index (χ0v) is 22.8. The Kier molecular flexibility index (Phi) is 6.93. The number of halogens is 7. The van der Waals surface area contributed by atoms with E-state index in [0.29, 0.717) is 13.1 Å². The molecule has 14 heteroatoms. The molecular weight excluding hydrogens is 583 g/mol. The van der Waals surface area contributed by atoms with Crippen molar-refractivity contribution in [3.05, 3.63) is 47.5 Å². The van der Waals surface area contributed by atoms with Gasteiger partial charge in [0.1, 0.15) is 36.1 Å². The minimum atomic E-state index is -4.97. The number of anilines is 1. The average Bonchev–Trinajstić information content (AvgIpc) is 3.41. The molecule has 4 aliphatic heterocycles. The Morgan fingerprint density at radius 2 is 1.63 bits per heavy atom. The first-order valence-corrected chi connectivity index (χ1v) is 14.1. The highest BCUT2D eigenvalue weighted by atomic mass is 19.4. The first kappa shape index (κ1) is 28.5. The topological polar surface area (TPSA) is 62.8 Å². The van der Waals surface area contributed by atoms with Crippen LogP contribution in [0.25, 0.3) is 22.0 Å². The van der Waals surface area contributed by atoms with Crippen LogP contribution in [0.4, 0.5) is 36.6 Å². The fourth-order valence-electron chi connectivity index (χ4n) is 7.09. The summed E-state index contributed by atoms with van der Waals surface area (Å²) in [5.74, 6) is -1.91.